The second kappa shape index (κ2) is 6.44. The zero-order chi connectivity index (χ0) is 13.1. The van der Waals surface area contributed by atoms with Crippen LogP contribution in [0.25, 0.3) is 0 Å². The van der Waals surface area contributed by atoms with Crippen LogP contribution in [0, 0.1) is 35.5 Å². The lowest BCUT2D eigenvalue weighted by Gasteiger charge is -2.25. The Bertz CT molecular complexity index is 242. The normalized spacial score (nSPS) is 40.8. The summed E-state index contributed by atoms with van der Waals surface area (Å²) in [6, 6.07) is 0. The molecule has 0 heterocycles. The molecule has 0 N–H and O–H groups in total. The maximum atomic E-state index is 2.48. The molecule has 0 heteroatoms. The van der Waals surface area contributed by atoms with Gasteiger partial charge in [-0.3, -0.25) is 0 Å². The molecule has 2 saturated carbocycles. The van der Waals surface area contributed by atoms with Crippen molar-refractivity contribution >= 4 is 0 Å². The van der Waals surface area contributed by atoms with Gasteiger partial charge in [-0.25, -0.2) is 0 Å². The third-order valence-electron chi connectivity index (χ3n) is 5.85. The van der Waals surface area contributed by atoms with Gasteiger partial charge in [0, 0.05) is 0 Å². The first kappa shape index (κ1) is 14.4. The summed E-state index contributed by atoms with van der Waals surface area (Å²) in [7, 11) is 0. The lowest BCUT2D eigenvalue weighted by Crippen LogP contribution is -2.16. The molecule has 5 unspecified atom stereocenters. The van der Waals surface area contributed by atoms with E-state index in [2.05, 4.69) is 27.7 Å². The lowest BCUT2D eigenvalue weighted by atomic mass is 9.81. The van der Waals surface area contributed by atoms with E-state index in [4.69, 9.17) is 0 Å². The molecular formula is C18H34. The average molecular weight is 250 g/mol. The molecule has 0 saturated heterocycles. The summed E-state index contributed by atoms with van der Waals surface area (Å²) in [6.07, 6.45) is 12.1. The van der Waals surface area contributed by atoms with Crippen molar-refractivity contribution in [1.82, 2.24) is 0 Å². The fraction of sp³-hybridized carbons (Fsp3) is 1.00. The molecule has 2 fully saturated rings. The standard InChI is InChI=1S/C18H34/c1-5-16-10-14(4)11-18(16)17-9-8-15(12-17)7-6-13(2)3/h13-18H,5-12H2,1-4H3. The highest BCUT2D eigenvalue weighted by Crippen LogP contribution is 2.49. The van der Waals surface area contributed by atoms with E-state index < -0.39 is 0 Å². The topological polar surface area (TPSA) is 0 Å². The Kier molecular flexibility index (Phi) is 5.15. The fourth-order valence-electron chi connectivity index (χ4n) is 4.83. The molecule has 0 aromatic rings. The second-order valence-electron chi connectivity index (χ2n) is 7.82. The van der Waals surface area contributed by atoms with Crippen molar-refractivity contribution in [3.05, 3.63) is 0 Å². The molecule has 0 aromatic heterocycles. The van der Waals surface area contributed by atoms with E-state index in [-0.39, 0.29) is 0 Å². The van der Waals surface area contributed by atoms with Crippen molar-refractivity contribution in [1.29, 1.82) is 0 Å². The Morgan fingerprint density at radius 3 is 2.50 bits per heavy atom. The maximum absolute atomic E-state index is 2.48. The summed E-state index contributed by atoms with van der Waals surface area (Å²) >= 11 is 0. The maximum Gasteiger partial charge on any atom is -0.0355 e. The molecule has 2 aliphatic rings. The van der Waals surface area contributed by atoms with Crippen LogP contribution in [0.2, 0.25) is 0 Å². The van der Waals surface area contributed by atoms with E-state index in [0.717, 1.165) is 35.5 Å². The molecule has 2 aliphatic carbocycles. The van der Waals surface area contributed by atoms with Crippen LogP contribution in [-0.2, 0) is 0 Å². The van der Waals surface area contributed by atoms with Gasteiger partial charge in [-0.1, -0.05) is 53.4 Å². The first-order chi connectivity index (χ1) is 8.60. The second-order valence-corrected chi connectivity index (χ2v) is 7.82. The predicted molar refractivity (Wildman–Crippen MR) is 80.6 cm³/mol. The van der Waals surface area contributed by atoms with Crippen LogP contribution in [0.15, 0.2) is 0 Å². The van der Waals surface area contributed by atoms with E-state index in [0.29, 0.717) is 0 Å². The highest BCUT2D eigenvalue weighted by atomic mass is 14.4. The van der Waals surface area contributed by atoms with Crippen LogP contribution in [0.5, 0.6) is 0 Å². The van der Waals surface area contributed by atoms with Crippen molar-refractivity contribution in [2.24, 2.45) is 35.5 Å². The molecule has 0 amide bonds. The van der Waals surface area contributed by atoms with Gasteiger partial charge in [-0.15, -0.1) is 0 Å². The smallest absolute Gasteiger partial charge is 0.0355 e. The van der Waals surface area contributed by atoms with Crippen molar-refractivity contribution in [3.8, 4) is 0 Å². The van der Waals surface area contributed by atoms with Crippen LogP contribution in [0.4, 0.5) is 0 Å². The molecule has 5 atom stereocenters. The van der Waals surface area contributed by atoms with Gasteiger partial charge in [0.2, 0.25) is 0 Å². The first-order valence-corrected chi connectivity index (χ1v) is 8.60. The molecular weight excluding hydrogens is 216 g/mol. The molecule has 18 heavy (non-hydrogen) atoms. The van der Waals surface area contributed by atoms with E-state index >= 15 is 0 Å². The van der Waals surface area contributed by atoms with Crippen molar-refractivity contribution < 1.29 is 0 Å². The van der Waals surface area contributed by atoms with Crippen LogP contribution in [0.3, 0.4) is 0 Å². The van der Waals surface area contributed by atoms with E-state index in [1.165, 1.54) is 25.7 Å². The summed E-state index contributed by atoms with van der Waals surface area (Å²) in [5.74, 6) is 6.24. The molecule has 0 radical (unpaired) electrons. The minimum absolute atomic E-state index is 0.902. The van der Waals surface area contributed by atoms with Crippen molar-refractivity contribution in [3.63, 3.8) is 0 Å². The van der Waals surface area contributed by atoms with Gasteiger partial charge in [0.25, 0.3) is 0 Å². The largest absolute Gasteiger partial charge is 0.0651 e. The van der Waals surface area contributed by atoms with Crippen molar-refractivity contribution in [2.45, 2.75) is 79.1 Å². The van der Waals surface area contributed by atoms with Gasteiger partial charge in [-0.2, -0.15) is 0 Å². The predicted octanol–water partition coefficient (Wildman–Crippen LogP) is 5.91. The monoisotopic (exact) mass is 250 g/mol. The lowest BCUT2D eigenvalue weighted by molar-refractivity contribution is 0.249. The van der Waals surface area contributed by atoms with Gasteiger partial charge in [0.1, 0.15) is 0 Å². The average Bonchev–Trinajstić information content (AvgIpc) is 2.92. The number of hydrogen-bond acceptors (Lipinski definition) is 0. The summed E-state index contributed by atoms with van der Waals surface area (Å²) in [4.78, 5) is 0. The number of hydrogen-bond donors (Lipinski definition) is 0. The molecule has 0 spiro atoms. The molecule has 0 bridgehead atoms. The zero-order valence-corrected chi connectivity index (χ0v) is 13.1. The van der Waals surface area contributed by atoms with E-state index in [1.54, 1.807) is 25.7 Å². The summed E-state index contributed by atoms with van der Waals surface area (Å²) in [5.41, 5.74) is 0. The van der Waals surface area contributed by atoms with Crippen molar-refractivity contribution in [2.75, 3.05) is 0 Å². The minimum atomic E-state index is 0.902. The Hall–Kier alpha value is 0. The van der Waals surface area contributed by atoms with Gasteiger partial charge >= 0.3 is 0 Å². The Morgan fingerprint density at radius 1 is 1.06 bits per heavy atom. The third kappa shape index (κ3) is 3.52. The van der Waals surface area contributed by atoms with Gasteiger partial charge in [0.15, 0.2) is 0 Å². The molecule has 2 rings (SSSR count). The summed E-state index contributed by atoms with van der Waals surface area (Å²) in [5, 5.41) is 0. The highest BCUT2D eigenvalue weighted by Gasteiger charge is 2.39. The van der Waals surface area contributed by atoms with E-state index in [9.17, 15) is 0 Å². The SMILES string of the molecule is CCC1CC(C)CC1C1CCC(CCC(C)C)C1. The van der Waals surface area contributed by atoms with Gasteiger partial charge < -0.3 is 0 Å². The quantitative estimate of drug-likeness (QED) is 0.569. The Morgan fingerprint density at radius 2 is 1.83 bits per heavy atom. The Balaban J connectivity index is 1.81. The molecule has 0 nitrogen and oxygen atoms in total. The highest BCUT2D eigenvalue weighted by molar-refractivity contribution is 4.89. The molecule has 0 aromatic carbocycles. The number of rotatable bonds is 5. The molecule has 106 valence electrons. The Labute approximate surface area is 115 Å². The van der Waals surface area contributed by atoms with E-state index in [1.807, 2.05) is 0 Å². The summed E-state index contributed by atoms with van der Waals surface area (Å²) < 4.78 is 0. The fourth-order valence-corrected chi connectivity index (χ4v) is 4.83. The van der Waals surface area contributed by atoms with Crippen LogP contribution < -0.4 is 0 Å². The van der Waals surface area contributed by atoms with Crippen LogP contribution in [0.1, 0.15) is 79.1 Å². The van der Waals surface area contributed by atoms with Crippen LogP contribution in [-0.4, -0.2) is 0 Å². The third-order valence-corrected chi connectivity index (χ3v) is 5.85. The zero-order valence-electron chi connectivity index (χ0n) is 13.1. The first-order valence-electron chi connectivity index (χ1n) is 8.60. The van der Waals surface area contributed by atoms with Crippen LogP contribution >= 0.6 is 0 Å². The summed E-state index contributed by atoms with van der Waals surface area (Å²) in [6.45, 7) is 9.64. The molecule has 0 aliphatic heterocycles. The minimum Gasteiger partial charge on any atom is -0.0651 e. The van der Waals surface area contributed by atoms with Gasteiger partial charge in [0.05, 0.1) is 0 Å². The van der Waals surface area contributed by atoms with Gasteiger partial charge in [-0.05, 0) is 61.2 Å².